The first-order valence-corrected chi connectivity index (χ1v) is 12.2. The van der Waals surface area contributed by atoms with Crippen LogP contribution in [0, 0.1) is 18.3 Å². The van der Waals surface area contributed by atoms with Crippen molar-refractivity contribution >= 4 is 11.8 Å². The lowest BCUT2D eigenvalue weighted by Gasteiger charge is -2.46. The molecule has 3 unspecified atom stereocenters. The lowest BCUT2D eigenvalue weighted by atomic mass is 9.70. The Hall–Kier alpha value is -2.82. The molecule has 2 aromatic rings. The maximum absolute atomic E-state index is 13.7. The molecule has 2 aliphatic rings. The fourth-order valence-electron chi connectivity index (χ4n) is 5.74. The predicted octanol–water partition coefficient (Wildman–Crippen LogP) is 5.03. The van der Waals surface area contributed by atoms with Gasteiger partial charge in [-0.2, -0.15) is 0 Å². The maximum Gasteiger partial charge on any atom is 0.251 e. The maximum atomic E-state index is 13.7. The molecule has 2 amide bonds. The number of hydrogen-bond donors (Lipinski definition) is 2. The smallest absolute Gasteiger partial charge is 0.251 e. The van der Waals surface area contributed by atoms with E-state index in [0.717, 1.165) is 44.2 Å². The van der Waals surface area contributed by atoms with E-state index in [0.29, 0.717) is 18.0 Å². The Labute approximate surface area is 197 Å². The molecule has 1 saturated heterocycles. The Morgan fingerprint density at radius 1 is 1.03 bits per heavy atom. The van der Waals surface area contributed by atoms with Crippen molar-refractivity contribution in [2.24, 2.45) is 11.3 Å². The number of hydrogen-bond acceptors (Lipinski definition) is 3. The van der Waals surface area contributed by atoms with E-state index in [1.165, 1.54) is 5.56 Å². The predicted molar refractivity (Wildman–Crippen MR) is 130 cm³/mol. The highest BCUT2D eigenvalue weighted by molar-refractivity contribution is 5.95. The van der Waals surface area contributed by atoms with Gasteiger partial charge in [-0.25, -0.2) is 0 Å². The molecule has 4 rings (SSSR count). The van der Waals surface area contributed by atoms with E-state index in [-0.39, 0.29) is 34.9 Å². The first-order valence-electron chi connectivity index (χ1n) is 12.2. The molecule has 5 nitrogen and oxygen atoms in total. The summed E-state index contributed by atoms with van der Waals surface area (Å²) in [6.45, 7) is 7.85. The molecular formula is C28H36N2O3. The Morgan fingerprint density at radius 2 is 1.76 bits per heavy atom. The molecule has 1 saturated carbocycles. The largest absolute Gasteiger partial charge is 0.508 e. The average molecular weight is 449 g/mol. The van der Waals surface area contributed by atoms with Crippen molar-refractivity contribution in [3.05, 3.63) is 65.2 Å². The van der Waals surface area contributed by atoms with Gasteiger partial charge in [0.2, 0.25) is 5.91 Å². The molecule has 2 N–H and O–H groups in total. The SMILES string of the molecule is Cc1cccc(C(=O)NC2CCCCC2C(=O)N2CCC(c3ccc(O)cc3)C(C)(C)C2)c1. The second-order valence-corrected chi connectivity index (χ2v) is 10.5. The summed E-state index contributed by atoms with van der Waals surface area (Å²) in [6.07, 6.45) is 4.64. The number of phenolic OH excluding ortho intramolecular Hbond substituents is 1. The van der Waals surface area contributed by atoms with Gasteiger partial charge in [0.25, 0.3) is 5.91 Å². The van der Waals surface area contributed by atoms with Crippen molar-refractivity contribution in [1.82, 2.24) is 10.2 Å². The zero-order chi connectivity index (χ0) is 23.6. The van der Waals surface area contributed by atoms with Crippen LogP contribution < -0.4 is 5.32 Å². The van der Waals surface area contributed by atoms with Crippen LogP contribution >= 0.6 is 0 Å². The third kappa shape index (κ3) is 5.23. The van der Waals surface area contributed by atoms with Crippen LogP contribution in [0.1, 0.15) is 73.4 Å². The summed E-state index contributed by atoms with van der Waals surface area (Å²) in [5.41, 5.74) is 2.85. The van der Waals surface area contributed by atoms with Crippen LogP contribution in [0.4, 0.5) is 0 Å². The number of nitrogens with zero attached hydrogens (tertiary/aromatic N) is 1. The lowest BCUT2D eigenvalue weighted by Crippen LogP contribution is -2.54. The molecule has 176 valence electrons. The second kappa shape index (κ2) is 9.58. The zero-order valence-corrected chi connectivity index (χ0v) is 20.0. The minimum Gasteiger partial charge on any atom is -0.508 e. The molecule has 0 radical (unpaired) electrons. The van der Waals surface area contributed by atoms with E-state index in [2.05, 4.69) is 19.2 Å². The number of benzene rings is 2. The monoisotopic (exact) mass is 448 g/mol. The number of phenols is 1. The molecule has 0 spiro atoms. The molecule has 1 heterocycles. The highest BCUT2D eigenvalue weighted by atomic mass is 16.3. The normalized spacial score (nSPS) is 24.8. The number of amides is 2. The van der Waals surface area contributed by atoms with E-state index >= 15 is 0 Å². The van der Waals surface area contributed by atoms with E-state index in [4.69, 9.17) is 0 Å². The highest BCUT2D eigenvalue weighted by Crippen LogP contribution is 2.43. The minimum absolute atomic E-state index is 0.0696. The third-order valence-corrected chi connectivity index (χ3v) is 7.52. The summed E-state index contributed by atoms with van der Waals surface area (Å²) in [5, 5.41) is 12.8. The number of piperidine rings is 1. The van der Waals surface area contributed by atoms with E-state index in [9.17, 15) is 14.7 Å². The number of aryl methyl sites for hydroxylation is 1. The summed E-state index contributed by atoms with van der Waals surface area (Å²) in [7, 11) is 0. The number of carbonyl (C=O) groups excluding carboxylic acids is 2. The van der Waals surface area contributed by atoms with Crippen molar-refractivity contribution in [2.75, 3.05) is 13.1 Å². The van der Waals surface area contributed by atoms with Crippen LogP contribution in [0.2, 0.25) is 0 Å². The Bertz CT molecular complexity index is 998. The molecule has 3 atom stereocenters. The van der Waals surface area contributed by atoms with Crippen molar-refractivity contribution < 1.29 is 14.7 Å². The number of carbonyl (C=O) groups is 2. The van der Waals surface area contributed by atoms with Gasteiger partial charge < -0.3 is 15.3 Å². The standard InChI is InChI=1S/C28H36N2O3/c1-19-7-6-8-21(17-19)26(32)29-25-10-5-4-9-23(25)27(33)30-16-15-24(28(2,3)18-30)20-11-13-22(31)14-12-20/h6-8,11-14,17,23-25,31H,4-5,9-10,15-16,18H2,1-3H3,(H,29,32). The molecule has 0 aromatic heterocycles. The van der Waals surface area contributed by atoms with Crippen LogP contribution in [-0.4, -0.2) is 41.0 Å². The van der Waals surface area contributed by atoms with Crippen molar-refractivity contribution in [2.45, 2.75) is 64.8 Å². The highest BCUT2D eigenvalue weighted by Gasteiger charge is 2.42. The van der Waals surface area contributed by atoms with E-state index in [1.54, 1.807) is 12.1 Å². The van der Waals surface area contributed by atoms with Crippen molar-refractivity contribution in [3.8, 4) is 5.75 Å². The summed E-state index contributed by atoms with van der Waals surface area (Å²) < 4.78 is 0. The van der Waals surface area contributed by atoms with Crippen LogP contribution in [0.5, 0.6) is 5.75 Å². The number of likely N-dealkylation sites (tertiary alicyclic amines) is 1. The Morgan fingerprint density at radius 3 is 2.45 bits per heavy atom. The fourth-order valence-corrected chi connectivity index (χ4v) is 5.74. The van der Waals surface area contributed by atoms with E-state index < -0.39 is 0 Å². The first kappa shape index (κ1) is 23.3. The molecule has 0 bridgehead atoms. The van der Waals surface area contributed by atoms with E-state index in [1.807, 2.05) is 48.2 Å². The van der Waals surface area contributed by atoms with Crippen molar-refractivity contribution in [3.63, 3.8) is 0 Å². The molecule has 5 heteroatoms. The van der Waals surface area contributed by atoms with Crippen LogP contribution in [0.15, 0.2) is 48.5 Å². The minimum atomic E-state index is -0.159. The van der Waals surface area contributed by atoms with Gasteiger partial charge in [-0.1, -0.05) is 56.5 Å². The number of nitrogens with one attached hydrogen (secondary N) is 1. The number of aromatic hydroxyl groups is 1. The summed E-state index contributed by atoms with van der Waals surface area (Å²) in [4.78, 5) is 28.6. The molecule has 2 fully saturated rings. The average Bonchev–Trinajstić information content (AvgIpc) is 2.79. The first-order chi connectivity index (χ1) is 15.7. The summed E-state index contributed by atoms with van der Waals surface area (Å²) in [6, 6.07) is 15.0. The quantitative estimate of drug-likeness (QED) is 0.689. The lowest BCUT2D eigenvalue weighted by molar-refractivity contribution is -0.141. The topological polar surface area (TPSA) is 69.6 Å². The summed E-state index contributed by atoms with van der Waals surface area (Å²) in [5.74, 6) is 0.551. The third-order valence-electron chi connectivity index (χ3n) is 7.52. The van der Waals surface area contributed by atoms with Gasteiger partial charge in [-0.05, 0) is 67.3 Å². The van der Waals surface area contributed by atoms with Crippen molar-refractivity contribution in [1.29, 1.82) is 0 Å². The molecular weight excluding hydrogens is 412 g/mol. The van der Waals surface area contributed by atoms with Gasteiger partial charge in [0.1, 0.15) is 5.75 Å². The number of rotatable bonds is 4. The summed E-state index contributed by atoms with van der Waals surface area (Å²) >= 11 is 0. The van der Waals surface area contributed by atoms with Crippen LogP contribution in [-0.2, 0) is 4.79 Å². The van der Waals surface area contributed by atoms with Gasteiger partial charge in [0.15, 0.2) is 0 Å². The fraction of sp³-hybridized carbons (Fsp3) is 0.500. The second-order valence-electron chi connectivity index (χ2n) is 10.5. The van der Waals surface area contributed by atoms with Gasteiger partial charge in [0.05, 0.1) is 5.92 Å². The van der Waals surface area contributed by atoms with Gasteiger partial charge in [0, 0.05) is 24.7 Å². The Balaban J connectivity index is 1.44. The van der Waals surface area contributed by atoms with Gasteiger partial charge in [-0.15, -0.1) is 0 Å². The molecule has 33 heavy (non-hydrogen) atoms. The van der Waals surface area contributed by atoms with Crippen LogP contribution in [0.3, 0.4) is 0 Å². The Kier molecular flexibility index (Phi) is 6.78. The van der Waals surface area contributed by atoms with Crippen LogP contribution in [0.25, 0.3) is 0 Å². The van der Waals surface area contributed by atoms with Gasteiger partial charge in [-0.3, -0.25) is 9.59 Å². The zero-order valence-electron chi connectivity index (χ0n) is 20.0. The molecule has 1 aliphatic carbocycles. The van der Waals surface area contributed by atoms with Gasteiger partial charge >= 0.3 is 0 Å². The molecule has 2 aromatic carbocycles. The molecule has 1 aliphatic heterocycles.